The van der Waals surface area contributed by atoms with Gasteiger partial charge in [0.25, 0.3) is 0 Å². The Hall–Kier alpha value is -2.26. The van der Waals surface area contributed by atoms with Gasteiger partial charge in [0.15, 0.2) is 0 Å². The number of pyridine rings is 1. The van der Waals surface area contributed by atoms with Crippen molar-refractivity contribution in [3.05, 3.63) is 77.1 Å². The number of fused-ring (bicyclic) bond motifs is 1. The van der Waals surface area contributed by atoms with E-state index in [1.165, 1.54) is 5.56 Å². The molecule has 3 aromatic rings. The van der Waals surface area contributed by atoms with Crippen LogP contribution in [0.15, 0.2) is 54.9 Å². The van der Waals surface area contributed by atoms with Crippen LogP contribution in [0.25, 0.3) is 10.8 Å². The van der Waals surface area contributed by atoms with Crippen LogP contribution in [-0.2, 0) is 0 Å². The molecule has 0 aliphatic rings. The van der Waals surface area contributed by atoms with Crippen molar-refractivity contribution in [2.24, 2.45) is 0 Å². The van der Waals surface area contributed by atoms with Crippen molar-refractivity contribution >= 4 is 10.8 Å². The minimum absolute atomic E-state index is 0.0901. The van der Waals surface area contributed by atoms with Crippen LogP contribution in [0, 0.1) is 13.8 Å². The van der Waals surface area contributed by atoms with Gasteiger partial charge in [-0.25, -0.2) is 4.39 Å². The molecule has 3 heteroatoms. The van der Waals surface area contributed by atoms with Crippen molar-refractivity contribution in [1.82, 2.24) is 10.3 Å². The van der Waals surface area contributed by atoms with Gasteiger partial charge in [-0.3, -0.25) is 4.98 Å². The molecule has 0 aliphatic carbocycles. The van der Waals surface area contributed by atoms with Gasteiger partial charge in [0, 0.05) is 30.4 Å². The maximum absolute atomic E-state index is 14.5. The number of nitrogens with zero attached hydrogens (tertiary/aromatic N) is 1. The molecule has 124 valence electrons. The molecule has 1 aromatic heterocycles. The van der Waals surface area contributed by atoms with Crippen molar-refractivity contribution in [2.45, 2.75) is 33.0 Å². The van der Waals surface area contributed by atoms with E-state index in [-0.39, 0.29) is 6.04 Å². The lowest BCUT2D eigenvalue weighted by Crippen LogP contribution is -2.23. The number of aromatic nitrogens is 1. The van der Waals surface area contributed by atoms with Gasteiger partial charge in [-0.05, 0) is 60.5 Å². The molecule has 0 bridgehead atoms. The summed E-state index contributed by atoms with van der Waals surface area (Å²) in [5.74, 6) is 0. The molecule has 0 saturated heterocycles. The van der Waals surface area contributed by atoms with E-state index < -0.39 is 6.17 Å². The second kappa shape index (κ2) is 7.10. The van der Waals surface area contributed by atoms with E-state index in [4.69, 9.17) is 0 Å². The molecular formula is C21H23FN2. The largest absolute Gasteiger partial charge is 0.307 e. The smallest absolute Gasteiger partial charge is 0.138 e. The van der Waals surface area contributed by atoms with Crippen LogP contribution in [-0.4, -0.2) is 11.5 Å². The molecule has 24 heavy (non-hydrogen) atoms. The van der Waals surface area contributed by atoms with Gasteiger partial charge in [-0.15, -0.1) is 0 Å². The van der Waals surface area contributed by atoms with Gasteiger partial charge in [0.05, 0.1) is 0 Å². The summed E-state index contributed by atoms with van der Waals surface area (Å²) in [6, 6.07) is 14.2. The minimum atomic E-state index is -1.00. The third-order valence-corrected chi connectivity index (χ3v) is 4.66. The second-order valence-corrected chi connectivity index (χ2v) is 6.42. The molecule has 2 aromatic carbocycles. The summed E-state index contributed by atoms with van der Waals surface area (Å²) < 4.78 is 14.5. The average molecular weight is 322 g/mol. The maximum atomic E-state index is 14.5. The monoisotopic (exact) mass is 322 g/mol. The Balaban J connectivity index is 1.67. The molecule has 2 atom stereocenters. The summed E-state index contributed by atoms with van der Waals surface area (Å²) in [6.07, 6.45) is 2.65. The number of hydrogen-bond donors (Lipinski definition) is 1. The molecule has 0 fully saturated rings. The zero-order chi connectivity index (χ0) is 17.1. The van der Waals surface area contributed by atoms with Gasteiger partial charge in [-0.2, -0.15) is 0 Å². The number of alkyl halides is 1. The molecule has 2 unspecified atom stereocenters. The number of rotatable bonds is 5. The standard InChI is InChI=1S/C21H23FN2/c1-14-4-5-19(10-15(14)2)21(22)13-24-16(3)17-6-7-20-12-23-9-8-18(20)11-17/h4-12,16,21,24H,13H2,1-3H3. The second-order valence-electron chi connectivity index (χ2n) is 6.42. The Bertz CT molecular complexity index is 844. The zero-order valence-corrected chi connectivity index (χ0v) is 14.4. The molecule has 1 N–H and O–H groups in total. The fourth-order valence-corrected chi connectivity index (χ4v) is 2.85. The number of benzene rings is 2. The van der Waals surface area contributed by atoms with Crippen LogP contribution in [0.1, 0.15) is 41.4 Å². The fraction of sp³-hybridized carbons (Fsp3) is 0.286. The first-order valence-electron chi connectivity index (χ1n) is 8.33. The van der Waals surface area contributed by atoms with Crippen LogP contribution in [0.4, 0.5) is 4.39 Å². The van der Waals surface area contributed by atoms with Gasteiger partial charge < -0.3 is 5.32 Å². The molecule has 0 aliphatic heterocycles. The van der Waals surface area contributed by atoms with E-state index in [0.717, 1.165) is 27.5 Å². The maximum Gasteiger partial charge on any atom is 0.138 e. The van der Waals surface area contributed by atoms with Crippen molar-refractivity contribution in [1.29, 1.82) is 0 Å². The highest BCUT2D eigenvalue weighted by molar-refractivity contribution is 5.82. The van der Waals surface area contributed by atoms with Crippen LogP contribution in [0.3, 0.4) is 0 Å². The average Bonchev–Trinajstić information content (AvgIpc) is 2.61. The van der Waals surface area contributed by atoms with E-state index >= 15 is 0 Å². The number of halogens is 1. The Labute approximate surface area is 142 Å². The molecule has 1 heterocycles. The SMILES string of the molecule is Cc1ccc(C(F)CNC(C)c2ccc3cnccc3c2)cc1C. The van der Waals surface area contributed by atoms with E-state index in [1.54, 1.807) is 6.20 Å². The fourth-order valence-electron chi connectivity index (χ4n) is 2.85. The van der Waals surface area contributed by atoms with Crippen molar-refractivity contribution in [3.8, 4) is 0 Å². The molecule has 3 rings (SSSR count). The molecular weight excluding hydrogens is 299 g/mol. The van der Waals surface area contributed by atoms with Gasteiger partial charge in [0.1, 0.15) is 6.17 Å². The van der Waals surface area contributed by atoms with Crippen molar-refractivity contribution in [2.75, 3.05) is 6.54 Å². The van der Waals surface area contributed by atoms with Crippen LogP contribution >= 0.6 is 0 Å². The predicted octanol–water partition coefficient (Wildman–Crippen LogP) is 5.21. The lowest BCUT2D eigenvalue weighted by molar-refractivity contribution is 0.317. The third-order valence-electron chi connectivity index (χ3n) is 4.66. The molecule has 0 spiro atoms. The number of aryl methyl sites for hydroxylation is 2. The lowest BCUT2D eigenvalue weighted by atomic mass is 10.0. The van der Waals surface area contributed by atoms with E-state index in [9.17, 15) is 4.39 Å². The van der Waals surface area contributed by atoms with Crippen LogP contribution in [0.5, 0.6) is 0 Å². The minimum Gasteiger partial charge on any atom is -0.307 e. The van der Waals surface area contributed by atoms with E-state index in [1.807, 2.05) is 44.3 Å². The van der Waals surface area contributed by atoms with Crippen molar-refractivity contribution in [3.63, 3.8) is 0 Å². The summed E-state index contributed by atoms with van der Waals surface area (Å²) in [4.78, 5) is 4.13. The van der Waals surface area contributed by atoms with E-state index in [0.29, 0.717) is 6.54 Å². The van der Waals surface area contributed by atoms with Gasteiger partial charge in [-0.1, -0.05) is 30.3 Å². The van der Waals surface area contributed by atoms with E-state index in [2.05, 4.69) is 35.4 Å². The first-order chi connectivity index (χ1) is 11.5. The Morgan fingerprint density at radius 1 is 0.958 bits per heavy atom. The molecule has 0 amide bonds. The number of hydrogen-bond acceptors (Lipinski definition) is 2. The number of nitrogens with one attached hydrogen (secondary N) is 1. The summed E-state index contributed by atoms with van der Waals surface area (Å²) in [5, 5.41) is 5.58. The molecule has 2 nitrogen and oxygen atoms in total. The Kier molecular flexibility index (Phi) is 4.91. The third kappa shape index (κ3) is 3.62. The van der Waals surface area contributed by atoms with Crippen molar-refractivity contribution < 1.29 is 4.39 Å². The lowest BCUT2D eigenvalue weighted by Gasteiger charge is -2.17. The highest BCUT2D eigenvalue weighted by atomic mass is 19.1. The molecule has 0 radical (unpaired) electrons. The topological polar surface area (TPSA) is 24.9 Å². The first-order valence-corrected chi connectivity index (χ1v) is 8.33. The normalized spacial score (nSPS) is 13.8. The Morgan fingerprint density at radius 2 is 1.75 bits per heavy atom. The van der Waals surface area contributed by atoms with Gasteiger partial charge >= 0.3 is 0 Å². The van der Waals surface area contributed by atoms with Gasteiger partial charge in [0.2, 0.25) is 0 Å². The quantitative estimate of drug-likeness (QED) is 0.697. The molecule has 0 saturated carbocycles. The highest BCUT2D eigenvalue weighted by Crippen LogP contribution is 2.23. The summed E-state index contributed by atoms with van der Waals surface area (Å²) in [5.41, 5.74) is 4.22. The van der Waals surface area contributed by atoms with Crippen LogP contribution in [0.2, 0.25) is 0 Å². The summed E-state index contributed by atoms with van der Waals surface area (Å²) in [6.45, 7) is 6.43. The zero-order valence-electron chi connectivity index (χ0n) is 14.4. The predicted molar refractivity (Wildman–Crippen MR) is 97.9 cm³/mol. The Morgan fingerprint density at radius 3 is 2.54 bits per heavy atom. The summed E-state index contributed by atoms with van der Waals surface area (Å²) >= 11 is 0. The highest BCUT2D eigenvalue weighted by Gasteiger charge is 2.13. The summed E-state index contributed by atoms with van der Waals surface area (Å²) in [7, 11) is 0. The van der Waals surface area contributed by atoms with Crippen LogP contribution < -0.4 is 5.32 Å². The first kappa shape index (κ1) is 16.6.